The molecule has 0 bridgehead atoms. The van der Waals surface area contributed by atoms with Gasteiger partial charge in [-0.15, -0.1) is 0 Å². The van der Waals surface area contributed by atoms with Crippen molar-refractivity contribution in [3.63, 3.8) is 0 Å². The Hall–Kier alpha value is -3.24. The summed E-state index contributed by atoms with van der Waals surface area (Å²) in [5.74, 6) is -7.06. The van der Waals surface area contributed by atoms with Crippen LogP contribution >= 0.6 is 0 Å². The minimum atomic E-state index is -4.94. The minimum Gasteiger partial charge on any atom is -0.425 e. The van der Waals surface area contributed by atoms with Gasteiger partial charge in [-0.1, -0.05) is 18.2 Å². The fourth-order valence-electron chi connectivity index (χ4n) is 3.29. The highest BCUT2D eigenvalue weighted by atomic mass is 19.3. The lowest BCUT2D eigenvalue weighted by Crippen LogP contribution is -2.34. The van der Waals surface area contributed by atoms with Gasteiger partial charge in [0.15, 0.2) is 11.6 Å². The lowest BCUT2D eigenvalue weighted by atomic mass is 9.87. The number of likely N-dealkylation sites (tertiary alicyclic amines) is 1. The molecule has 31 heavy (non-hydrogen) atoms. The SMILES string of the molecule is CN1C[C@H](c2ccc(F)c(OC(F)(F)C(F)F)c2)[C@@H](C(=O)Nc2ccccc2F)C1=O. The third kappa shape index (κ3) is 4.59. The smallest absolute Gasteiger partial charge is 0.425 e. The molecule has 1 aliphatic heterocycles. The van der Waals surface area contributed by atoms with E-state index in [1.54, 1.807) is 0 Å². The zero-order valence-electron chi connectivity index (χ0n) is 15.9. The first-order valence-electron chi connectivity index (χ1n) is 8.96. The van der Waals surface area contributed by atoms with Gasteiger partial charge in [0, 0.05) is 19.5 Å². The van der Waals surface area contributed by atoms with Crippen molar-refractivity contribution in [3.05, 3.63) is 59.7 Å². The van der Waals surface area contributed by atoms with Gasteiger partial charge in [0.2, 0.25) is 11.8 Å². The molecule has 0 saturated carbocycles. The quantitative estimate of drug-likeness (QED) is 0.539. The summed E-state index contributed by atoms with van der Waals surface area (Å²) in [6, 6.07) is 7.82. The third-order valence-electron chi connectivity index (χ3n) is 4.81. The molecule has 0 unspecified atom stereocenters. The molecule has 0 aliphatic carbocycles. The van der Waals surface area contributed by atoms with Gasteiger partial charge in [0.1, 0.15) is 11.7 Å². The van der Waals surface area contributed by atoms with E-state index in [2.05, 4.69) is 10.1 Å². The number of likely N-dealkylation sites (N-methyl/N-ethyl adjacent to an activating group) is 1. The van der Waals surface area contributed by atoms with Gasteiger partial charge in [0.25, 0.3) is 0 Å². The van der Waals surface area contributed by atoms with Crippen LogP contribution in [0.1, 0.15) is 11.5 Å². The molecule has 3 rings (SSSR count). The fourth-order valence-corrected chi connectivity index (χ4v) is 3.29. The van der Waals surface area contributed by atoms with Crippen LogP contribution in [0.3, 0.4) is 0 Å². The summed E-state index contributed by atoms with van der Waals surface area (Å²) in [5.41, 5.74) is -0.138. The number of nitrogens with one attached hydrogen (secondary N) is 1. The molecule has 0 radical (unpaired) electrons. The first kappa shape index (κ1) is 22.4. The minimum absolute atomic E-state index is 0.0350. The average molecular weight is 446 g/mol. The van der Waals surface area contributed by atoms with Crippen molar-refractivity contribution in [2.75, 3.05) is 18.9 Å². The highest BCUT2D eigenvalue weighted by Crippen LogP contribution is 2.37. The zero-order valence-corrected chi connectivity index (χ0v) is 15.9. The monoisotopic (exact) mass is 446 g/mol. The molecule has 5 nitrogen and oxygen atoms in total. The number of nitrogens with zero attached hydrogens (tertiary/aromatic N) is 1. The number of hydrogen-bond donors (Lipinski definition) is 1. The topological polar surface area (TPSA) is 58.6 Å². The lowest BCUT2D eigenvalue weighted by molar-refractivity contribution is -0.254. The van der Waals surface area contributed by atoms with Crippen LogP contribution in [-0.2, 0) is 9.59 Å². The molecule has 1 saturated heterocycles. The standard InChI is InChI=1S/C20H16F6N2O3/c1-28-9-11(10-6-7-13(22)15(8-10)31-20(25,26)19(23)24)16(18(28)30)17(29)27-14-5-3-2-4-12(14)21/h2-8,11,16,19H,9H2,1H3,(H,27,29)/t11-,16+/m1/s1. The second-order valence-corrected chi connectivity index (χ2v) is 6.93. The Balaban J connectivity index is 1.91. The Morgan fingerprint density at radius 2 is 1.84 bits per heavy atom. The molecular weight excluding hydrogens is 430 g/mol. The van der Waals surface area contributed by atoms with E-state index in [0.29, 0.717) is 6.07 Å². The Morgan fingerprint density at radius 1 is 1.16 bits per heavy atom. The fraction of sp³-hybridized carbons (Fsp3) is 0.300. The van der Waals surface area contributed by atoms with E-state index in [0.717, 1.165) is 18.2 Å². The molecule has 1 heterocycles. The van der Waals surface area contributed by atoms with Crippen LogP contribution < -0.4 is 10.1 Å². The van der Waals surface area contributed by atoms with Gasteiger partial charge < -0.3 is 15.0 Å². The number of carbonyl (C=O) groups excluding carboxylic acids is 2. The van der Waals surface area contributed by atoms with Gasteiger partial charge >= 0.3 is 12.5 Å². The average Bonchev–Trinajstić information content (AvgIpc) is 3.00. The second kappa shape index (κ2) is 8.48. The predicted octanol–water partition coefficient (Wildman–Crippen LogP) is 4.01. The van der Waals surface area contributed by atoms with Crippen LogP contribution in [0.5, 0.6) is 5.75 Å². The van der Waals surface area contributed by atoms with Crippen molar-refractivity contribution in [2.45, 2.75) is 18.5 Å². The summed E-state index contributed by atoms with van der Waals surface area (Å²) in [6.45, 7) is -0.0511. The summed E-state index contributed by atoms with van der Waals surface area (Å²) in [6.07, 6.45) is -9.14. The molecular formula is C20H16F6N2O3. The van der Waals surface area contributed by atoms with Crippen LogP contribution in [0, 0.1) is 17.6 Å². The van der Waals surface area contributed by atoms with Crippen LogP contribution in [0.25, 0.3) is 0 Å². The zero-order chi connectivity index (χ0) is 22.9. The molecule has 0 spiro atoms. The predicted molar refractivity (Wildman–Crippen MR) is 96.9 cm³/mol. The molecule has 1 fully saturated rings. The first-order valence-corrected chi connectivity index (χ1v) is 8.96. The number of benzene rings is 2. The largest absolute Gasteiger partial charge is 0.461 e. The first-order chi connectivity index (χ1) is 14.5. The molecule has 2 amide bonds. The van der Waals surface area contributed by atoms with Crippen LogP contribution in [0.4, 0.5) is 32.0 Å². The number of carbonyl (C=O) groups is 2. The molecule has 2 aromatic rings. The normalized spacial score (nSPS) is 19.1. The van der Waals surface area contributed by atoms with Crippen molar-refractivity contribution in [1.82, 2.24) is 4.90 Å². The molecule has 11 heteroatoms. The Morgan fingerprint density at radius 3 is 2.48 bits per heavy atom. The van der Waals surface area contributed by atoms with Gasteiger partial charge in [-0.05, 0) is 29.8 Å². The molecule has 2 atom stereocenters. The Kier molecular flexibility index (Phi) is 6.14. The molecule has 2 aromatic carbocycles. The van der Waals surface area contributed by atoms with Gasteiger partial charge in [-0.2, -0.15) is 17.6 Å². The van der Waals surface area contributed by atoms with Crippen molar-refractivity contribution in [3.8, 4) is 5.75 Å². The summed E-state index contributed by atoms with van der Waals surface area (Å²) in [5, 5.41) is 2.30. The Bertz CT molecular complexity index is 1000. The molecule has 1 N–H and O–H groups in total. The molecule has 166 valence electrons. The van der Waals surface area contributed by atoms with E-state index < -0.39 is 53.6 Å². The summed E-state index contributed by atoms with van der Waals surface area (Å²) < 4.78 is 82.9. The number of ether oxygens (including phenoxy) is 1. The van der Waals surface area contributed by atoms with Gasteiger partial charge in [-0.25, -0.2) is 8.78 Å². The number of amides is 2. The summed E-state index contributed by atoms with van der Waals surface area (Å²) >= 11 is 0. The summed E-state index contributed by atoms with van der Waals surface area (Å²) in [7, 11) is 1.39. The van der Waals surface area contributed by atoms with Crippen LogP contribution in [0.15, 0.2) is 42.5 Å². The number of para-hydroxylation sites is 1. The number of halogens is 6. The van der Waals surface area contributed by atoms with Gasteiger partial charge in [-0.3, -0.25) is 9.59 Å². The van der Waals surface area contributed by atoms with Crippen LogP contribution in [0.2, 0.25) is 0 Å². The van der Waals surface area contributed by atoms with Crippen molar-refractivity contribution in [2.24, 2.45) is 5.92 Å². The van der Waals surface area contributed by atoms with E-state index in [1.165, 1.54) is 30.1 Å². The number of alkyl halides is 4. The van der Waals surface area contributed by atoms with Crippen LogP contribution in [-0.4, -0.2) is 42.8 Å². The maximum atomic E-state index is 13.9. The maximum absolute atomic E-state index is 13.9. The molecule has 1 aliphatic rings. The second-order valence-electron chi connectivity index (χ2n) is 6.93. The highest BCUT2D eigenvalue weighted by molar-refractivity contribution is 6.08. The van der Waals surface area contributed by atoms with E-state index in [9.17, 15) is 35.9 Å². The van der Waals surface area contributed by atoms with Gasteiger partial charge in [0.05, 0.1) is 5.69 Å². The lowest BCUT2D eigenvalue weighted by Gasteiger charge is -2.20. The van der Waals surface area contributed by atoms with E-state index in [1.807, 2.05) is 0 Å². The highest BCUT2D eigenvalue weighted by Gasteiger charge is 2.46. The maximum Gasteiger partial charge on any atom is 0.461 e. The van der Waals surface area contributed by atoms with E-state index in [4.69, 9.17) is 0 Å². The summed E-state index contributed by atoms with van der Waals surface area (Å²) in [4.78, 5) is 26.4. The number of anilines is 1. The van der Waals surface area contributed by atoms with E-state index >= 15 is 0 Å². The number of hydrogen-bond acceptors (Lipinski definition) is 3. The van der Waals surface area contributed by atoms with E-state index in [-0.39, 0.29) is 17.8 Å². The Labute approximate surface area is 172 Å². The van der Waals surface area contributed by atoms with Crippen molar-refractivity contribution in [1.29, 1.82) is 0 Å². The van der Waals surface area contributed by atoms with Crippen molar-refractivity contribution >= 4 is 17.5 Å². The molecule has 0 aromatic heterocycles. The number of rotatable bonds is 6. The third-order valence-corrected chi connectivity index (χ3v) is 4.81. The van der Waals surface area contributed by atoms with Crippen molar-refractivity contribution < 1.29 is 40.7 Å².